The van der Waals surface area contributed by atoms with E-state index in [-0.39, 0.29) is 12.1 Å². The number of amides is 1. The fourth-order valence-corrected chi connectivity index (χ4v) is 4.00. The number of carbonyl (C=O) groups excluding carboxylic acids is 1. The van der Waals surface area contributed by atoms with Gasteiger partial charge in [0.1, 0.15) is 5.52 Å². The minimum atomic E-state index is -0.258. The number of nitrogens with zero attached hydrogens (tertiary/aromatic N) is 4. The van der Waals surface area contributed by atoms with Gasteiger partial charge in [-0.2, -0.15) is 0 Å². The number of para-hydroxylation sites is 1. The highest BCUT2D eigenvalue weighted by molar-refractivity contribution is 5.99. The molecule has 1 amide bonds. The molecule has 1 atom stereocenters. The van der Waals surface area contributed by atoms with Gasteiger partial charge >= 0.3 is 0 Å². The monoisotopic (exact) mass is 368 g/mol. The molecule has 138 valence electrons. The molecule has 4 aromatic rings. The molecule has 1 aliphatic rings. The maximum absolute atomic E-state index is 13.1. The van der Waals surface area contributed by atoms with E-state index in [1.54, 1.807) is 0 Å². The van der Waals surface area contributed by atoms with E-state index in [0.29, 0.717) is 6.54 Å². The predicted octanol–water partition coefficient (Wildman–Crippen LogP) is 4.07. The molecule has 0 saturated carbocycles. The second kappa shape index (κ2) is 6.93. The number of aromatic nitrogens is 3. The average Bonchev–Trinajstić information content (AvgIpc) is 3.28. The van der Waals surface area contributed by atoms with Crippen LogP contribution in [0.1, 0.15) is 34.1 Å². The van der Waals surface area contributed by atoms with Crippen molar-refractivity contribution < 1.29 is 4.79 Å². The third-order valence-corrected chi connectivity index (χ3v) is 5.34. The topological polar surface area (TPSA) is 51.0 Å². The first-order valence-corrected chi connectivity index (χ1v) is 9.57. The fourth-order valence-electron chi connectivity index (χ4n) is 4.00. The first-order valence-electron chi connectivity index (χ1n) is 9.57. The summed E-state index contributed by atoms with van der Waals surface area (Å²) < 4.78 is 1.88. The number of fused-ring (bicyclic) bond motifs is 2. The maximum atomic E-state index is 13.1. The zero-order valence-electron chi connectivity index (χ0n) is 15.4. The first-order chi connectivity index (χ1) is 13.8. The number of aryl methyl sites for hydroxylation is 1. The molecule has 0 saturated heterocycles. The lowest BCUT2D eigenvalue weighted by Crippen LogP contribution is -2.33. The van der Waals surface area contributed by atoms with Gasteiger partial charge in [-0.05, 0) is 36.6 Å². The third-order valence-electron chi connectivity index (χ3n) is 5.34. The van der Waals surface area contributed by atoms with Crippen LogP contribution in [0.15, 0.2) is 78.9 Å². The number of benzene rings is 3. The molecule has 1 aromatic heterocycles. The number of hydrogen-bond acceptors (Lipinski definition) is 3. The van der Waals surface area contributed by atoms with Crippen molar-refractivity contribution in [3.8, 4) is 0 Å². The lowest BCUT2D eigenvalue weighted by atomic mass is 10.1. The van der Waals surface area contributed by atoms with Gasteiger partial charge in [-0.3, -0.25) is 4.79 Å². The Morgan fingerprint density at radius 3 is 2.50 bits per heavy atom. The minimum Gasteiger partial charge on any atom is -0.312 e. The molecule has 5 nitrogen and oxygen atoms in total. The van der Waals surface area contributed by atoms with Crippen molar-refractivity contribution in [2.75, 3.05) is 6.54 Å². The summed E-state index contributed by atoms with van der Waals surface area (Å²) in [5, 5.41) is 8.70. The van der Waals surface area contributed by atoms with Crippen LogP contribution >= 0.6 is 0 Å². The van der Waals surface area contributed by atoms with E-state index in [4.69, 9.17) is 0 Å². The van der Waals surface area contributed by atoms with E-state index in [2.05, 4.69) is 34.6 Å². The van der Waals surface area contributed by atoms with Crippen LogP contribution in [0.4, 0.5) is 0 Å². The number of rotatable bonds is 5. The second-order valence-corrected chi connectivity index (χ2v) is 7.07. The normalized spacial score (nSPS) is 15.9. The molecule has 1 unspecified atom stereocenters. The lowest BCUT2D eigenvalue weighted by molar-refractivity contribution is 0.0688. The highest BCUT2D eigenvalue weighted by Gasteiger charge is 2.38. The molecule has 0 aliphatic carbocycles. The predicted molar refractivity (Wildman–Crippen MR) is 108 cm³/mol. The fraction of sp³-hybridized carbons (Fsp3) is 0.174. The molecule has 1 aliphatic heterocycles. The Morgan fingerprint density at radius 1 is 0.857 bits per heavy atom. The van der Waals surface area contributed by atoms with Crippen molar-refractivity contribution in [1.82, 2.24) is 19.9 Å². The highest BCUT2D eigenvalue weighted by Crippen LogP contribution is 2.35. The summed E-state index contributed by atoms with van der Waals surface area (Å²) in [7, 11) is 0. The highest BCUT2D eigenvalue weighted by atomic mass is 16.2. The van der Waals surface area contributed by atoms with Crippen LogP contribution in [0.25, 0.3) is 11.0 Å². The first kappa shape index (κ1) is 16.7. The Bertz CT molecular complexity index is 1140. The zero-order valence-corrected chi connectivity index (χ0v) is 15.4. The van der Waals surface area contributed by atoms with Crippen LogP contribution in [0.3, 0.4) is 0 Å². The molecule has 28 heavy (non-hydrogen) atoms. The Labute approximate surface area is 163 Å². The van der Waals surface area contributed by atoms with Gasteiger partial charge < -0.3 is 4.90 Å². The van der Waals surface area contributed by atoms with E-state index < -0.39 is 0 Å². The van der Waals surface area contributed by atoms with Crippen LogP contribution in [0.5, 0.6) is 0 Å². The van der Waals surface area contributed by atoms with Crippen molar-refractivity contribution in [2.24, 2.45) is 0 Å². The second-order valence-electron chi connectivity index (χ2n) is 7.07. The van der Waals surface area contributed by atoms with Gasteiger partial charge in [0.25, 0.3) is 5.91 Å². The largest absolute Gasteiger partial charge is 0.312 e. The molecule has 2 heterocycles. The van der Waals surface area contributed by atoms with Gasteiger partial charge in [-0.15, -0.1) is 5.10 Å². The molecule has 3 aromatic carbocycles. The van der Waals surface area contributed by atoms with Gasteiger partial charge in [0, 0.05) is 17.7 Å². The van der Waals surface area contributed by atoms with Crippen molar-refractivity contribution in [1.29, 1.82) is 0 Å². The molecule has 5 heteroatoms. The summed E-state index contributed by atoms with van der Waals surface area (Å²) in [6.45, 7) is 0.668. The Hall–Kier alpha value is -3.47. The molecule has 0 spiro atoms. The van der Waals surface area contributed by atoms with E-state index in [1.165, 1.54) is 5.56 Å². The lowest BCUT2D eigenvalue weighted by Gasteiger charge is -2.25. The van der Waals surface area contributed by atoms with Gasteiger partial charge in [0.2, 0.25) is 0 Å². The molecule has 0 radical (unpaired) electrons. The summed E-state index contributed by atoms with van der Waals surface area (Å²) in [5.41, 5.74) is 4.80. The van der Waals surface area contributed by atoms with Crippen molar-refractivity contribution in [3.05, 3.63) is 95.6 Å². The summed E-state index contributed by atoms with van der Waals surface area (Å²) >= 11 is 0. The van der Waals surface area contributed by atoms with Gasteiger partial charge in [0.05, 0.1) is 5.52 Å². The number of hydrogen-bond donors (Lipinski definition) is 0. The third kappa shape index (κ3) is 2.76. The Morgan fingerprint density at radius 2 is 1.61 bits per heavy atom. The van der Waals surface area contributed by atoms with Crippen molar-refractivity contribution in [3.63, 3.8) is 0 Å². The molecular weight excluding hydrogens is 348 g/mol. The molecular formula is C23H20N4O. The van der Waals surface area contributed by atoms with Crippen molar-refractivity contribution >= 4 is 16.9 Å². The summed E-state index contributed by atoms with van der Waals surface area (Å²) in [5.74, 6) is 0.0632. The van der Waals surface area contributed by atoms with Gasteiger partial charge in [0.15, 0.2) is 6.17 Å². The van der Waals surface area contributed by atoms with Gasteiger partial charge in [-0.25, -0.2) is 4.68 Å². The van der Waals surface area contributed by atoms with Crippen LogP contribution in [-0.2, 0) is 6.42 Å². The molecule has 0 fully saturated rings. The van der Waals surface area contributed by atoms with Crippen LogP contribution < -0.4 is 0 Å². The number of carbonyl (C=O) groups is 1. The summed E-state index contributed by atoms with van der Waals surface area (Å²) in [4.78, 5) is 15.1. The molecule has 0 bridgehead atoms. The molecule has 0 N–H and O–H groups in total. The van der Waals surface area contributed by atoms with Crippen LogP contribution in [0.2, 0.25) is 0 Å². The Kier molecular flexibility index (Phi) is 4.13. The standard InChI is InChI=1S/C23H20N4O/c28-23-19-13-5-4-12-18(19)22(27-21-15-7-6-14-20(21)24-25-27)26(23)16-8-11-17-9-2-1-3-10-17/h1-7,9-10,12-15,22H,8,11,16H2. The smallest absolute Gasteiger partial charge is 0.256 e. The van der Waals surface area contributed by atoms with E-state index in [9.17, 15) is 4.79 Å². The van der Waals surface area contributed by atoms with E-state index in [1.807, 2.05) is 64.2 Å². The van der Waals surface area contributed by atoms with E-state index in [0.717, 1.165) is 35.0 Å². The molecule has 5 rings (SSSR count). The zero-order chi connectivity index (χ0) is 18.9. The van der Waals surface area contributed by atoms with Crippen molar-refractivity contribution in [2.45, 2.75) is 19.0 Å². The summed E-state index contributed by atoms with van der Waals surface area (Å²) in [6.07, 6.45) is 1.57. The average molecular weight is 368 g/mol. The Balaban J connectivity index is 1.49. The SMILES string of the molecule is O=C1c2ccccc2C(n2nnc3ccccc32)N1CCCc1ccccc1. The van der Waals surface area contributed by atoms with Crippen LogP contribution in [0, 0.1) is 0 Å². The maximum Gasteiger partial charge on any atom is 0.256 e. The van der Waals surface area contributed by atoms with Gasteiger partial charge in [-0.1, -0.05) is 65.9 Å². The summed E-state index contributed by atoms with van der Waals surface area (Å²) in [6, 6.07) is 26.1. The minimum absolute atomic E-state index is 0.0632. The quantitative estimate of drug-likeness (QED) is 0.534. The van der Waals surface area contributed by atoms with E-state index >= 15 is 0 Å². The van der Waals surface area contributed by atoms with Crippen LogP contribution in [-0.4, -0.2) is 32.3 Å².